The predicted octanol–water partition coefficient (Wildman–Crippen LogP) is 5.07. The molecule has 0 aliphatic carbocycles. The largest absolute Gasteiger partial charge is 0.490 e. The van der Waals surface area contributed by atoms with Gasteiger partial charge in [-0.05, 0) is 60.5 Å². The number of nitrogens with zero attached hydrogens (tertiary/aromatic N) is 1. The van der Waals surface area contributed by atoms with Crippen molar-refractivity contribution in [2.24, 2.45) is 5.10 Å². The predicted molar refractivity (Wildman–Crippen MR) is 112 cm³/mol. The number of carbonyl (C=O) groups is 1. The zero-order chi connectivity index (χ0) is 20.1. The summed E-state index contributed by atoms with van der Waals surface area (Å²) in [4.78, 5) is 12.4. The van der Waals surface area contributed by atoms with Crippen LogP contribution in [0.3, 0.4) is 0 Å². The Balaban J connectivity index is 1.78. The normalized spacial score (nSPS) is 11.1. The summed E-state index contributed by atoms with van der Waals surface area (Å²) in [5, 5.41) is 4.96. The van der Waals surface area contributed by atoms with Gasteiger partial charge in [-0.2, -0.15) is 5.10 Å². The Labute approximate surface area is 171 Å². The summed E-state index contributed by atoms with van der Waals surface area (Å²) in [5.41, 5.74) is 4.71. The summed E-state index contributed by atoms with van der Waals surface area (Å²) in [7, 11) is 0. The monoisotopic (exact) mass is 444 g/mol. The highest BCUT2D eigenvalue weighted by molar-refractivity contribution is 9.10. The zero-order valence-corrected chi connectivity index (χ0v) is 17.5. The number of benzene rings is 2. The van der Waals surface area contributed by atoms with Gasteiger partial charge in [-0.1, -0.05) is 18.2 Å². The van der Waals surface area contributed by atoms with E-state index in [1.165, 1.54) is 0 Å². The number of hydrogen-bond donors (Lipinski definition) is 1. The third kappa shape index (κ3) is 4.20. The minimum atomic E-state index is -0.403. The van der Waals surface area contributed by atoms with Crippen LogP contribution in [0.5, 0.6) is 11.5 Å². The molecule has 0 unspecified atom stereocenters. The topological polar surface area (TPSA) is 73.1 Å². The van der Waals surface area contributed by atoms with Crippen molar-refractivity contribution in [3.63, 3.8) is 0 Å². The standard InChI is InChI=1S/C21H21BrN2O4/c1-4-26-18-11-14(10-16(22)20(18)27-5-2)12-23-24-21(25)19-13(3)15-8-6-7-9-17(15)28-19/h6-12H,4-5H2,1-3H3,(H,24,25)/b23-12+. The molecule has 0 saturated heterocycles. The minimum Gasteiger partial charge on any atom is -0.490 e. The number of furan rings is 1. The van der Waals surface area contributed by atoms with Crippen LogP contribution < -0.4 is 14.9 Å². The van der Waals surface area contributed by atoms with Crippen LogP contribution in [0.4, 0.5) is 0 Å². The van der Waals surface area contributed by atoms with Gasteiger partial charge in [-0.15, -0.1) is 0 Å². The highest BCUT2D eigenvalue weighted by Gasteiger charge is 2.17. The fourth-order valence-electron chi connectivity index (χ4n) is 2.82. The first kappa shape index (κ1) is 19.9. The van der Waals surface area contributed by atoms with Gasteiger partial charge in [0.25, 0.3) is 0 Å². The molecule has 0 saturated carbocycles. The van der Waals surface area contributed by atoms with E-state index in [1.54, 1.807) is 12.3 Å². The van der Waals surface area contributed by atoms with Crippen molar-refractivity contribution in [2.75, 3.05) is 13.2 Å². The molecule has 6 nitrogen and oxygen atoms in total. The van der Waals surface area contributed by atoms with Gasteiger partial charge in [-0.3, -0.25) is 4.79 Å². The molecule has 1 aromatic heterocycles. The average molecular weight is 445 g/mol. The third-order valence-electron chi connectivity index (χ3n) is 4.05. The highest BCUT2D eigenvalue weighted by Crippen LogP contribution is 2.36. The second-order valence-electron chi connectivity index (χ2n) is 5.95. The van der Waals surface area contributed by atoms with E-state index in [9.17, 15) is 4.79 Å². The Hall–Kier alpha value is -2.80. The van der Waals surface area contributed by atoms with Crippen molar-refractivity contribution in [1.82, 2.24) is 5.43 Å². The lowest BCUT2D eigenvalue weighted by atomic mass is 10.1. The van der Waals surface area contributed by atoms with E-state index in [4.69, 9.17) is 13.9 Å². The number of halogens is 1. The van der Waals surface area contributed by atoms with Crippen LogP contribution in [0.25, 0.3) is 11.0 Å². The Morgan fingerprint density at radius 2 is 1.96 bits per heavy atom. The second kappa shape index (κ2) is 8.93. The Kier molecular flexibility index (Phi) is 6.36. The van der Waals surface area contributed by atoms with E-state index in [2.05, 4.69) is 26.5 Å². The number of rotatable bonds is 7. The molecule has 0 radical (unpaired) electrons. The van der Waals surface area contributed by atoms with Crippen molar-refractivity contribution < 1.29 is 18.7 Å². The molecule has 3 rings (SSSR count). The Morgan fingerprint density at radius 3 is 2.68 bits per heavy atom. The van der Waals surface area contributed by atoms with Gasteiger partial charge in [0.15, 0.2) is 17.3 Å². The van der Waals surface area contributed by atoms with E-state index < -0.39 is 5.91 Å². The van der Waals surface area contributed by atoms with E-state index in [-0.39, 0.29) is 5.76 Å². The SMILES string of the molecule is CCOc1cc(/C=N/NC(=O)c2oc3ccccc3c2C)cc(Br)c1OCC. The maximum absolute atomic E-state index is 12.4. The summed E-state index contributed by atoms with van der Waals surface area (Å²) in [6, 6.07) is 11.2. The van der Waals surface area contributed by atoms with Crippen molar-refractivity contribution in [3.05, 3.63) is 57.8 Å². The third-order valence-corrected chi connectivity index (χ3v) is 4.64. The molecule has 3 aromatic rings. The van der Waals surface area contributed by atoms with Crippen molar-refractivity contribution in [1.29, 1.82) is 0 Å². The lowest BCUT2D eigenvalue weighted by molar-refractivity contribution is 0.0929. The van der Waals surface area contributed by atoms with Gasteiger partial charge in [0.05, 0.1) is 23.9 Å². The molecule has 146 valence electrons. The molecule has 1 amide bonds. The molecule has 1 N–H and O–H groups in total. The first-order valence-electron chi connectivity index (χ1n) is 8.95. The van der Waals surface area contributed by atoms with Gasteiger partial charge < -0.3 is 13.9 Å². The van der Waals surface area contributed by atoms with Gasteiger partial charge in [0.1, 0.15) is 5.58 Å². The van der Waals surface area contributed by atoms with Gasteiger partial charge in [-0.25, -0.2) is 5.43 Å². The quantitative estimate of drug-likeness (QED) is 0.407. The molecule has 28 heavy (non-hydrogen) atoms. The summed E-state index contributed by atoms with van der Waals surface area (Å²) in [6.07, 6.45) is 1.54. The number of hydrazone groups is 1. The van der Waals surface area contributed by atoms with Crippen molar-refractivity contribution in [2.45, 2.75) is 20.8 Å². The molecule has 0 spiro atoms. The lowest BCUT2D eigenvalue weighted by Gasteiger charge is -2.13. The molecule has 0 atom stereocenters. The Morgan fingerprint density at radius 1 is 1.21 bits per heavy atom. The van der Waals surface area contributed by atoms with Crippen molar-refractivity contribution in [3.8, 4) is 11.5 Å². The first-order valence-corrected chi connectivity index (χ1v) is 9.75. The molecular formula is C21H21BrN2O4. The number of aryl methyl sites for hydroxylation is 1. The Bertz CT molecular complexity index is 1030. The number of nitrogens with one attached hydrogen (secondary N) is 1. The number of fused-ring (bicyclic) bond motifs is 1. The molecule has 0 aliphatic rings. The number of amides is 1. The second-order valence-corrected chi connectivity index (χ2v) is 6.80. The lowest BCUT2D eigenvalue weighted by Crippen LogP contribution is -2.17. The van der Waals surface area contributed by atoms with Gasteiger partial charge in [0, 0.05) is 10.9 Å². The molecule has 0 fully saturated rings. The van der Waals surface area contributed by atoms with Crippen LogP contribution in [0.1, 0.15) is 35.5 Å². The average Bonchev–Trinajstić information content (AvgIpc) is 3.02. The van der Waals surface area contributed by atoms with Crippen LogP contribution in [-0.4, -0.2) is 25.3 Å². The van der Waals surface area contributed by atoms with E-state index in [1.807, 2.05) is 51.1 Å². The van der Waals surface area contributed by atoms with E-state index >= 15 is 0 Å². The van der Waals surface area contributed by atoms with Crippen LogP contribution >= 0.6 is 15.9 Å². The highest BCUT2D eigenvalue weighted by atomic mass is 79.9. The zero-order valence-electron chi connectivity index (χ0n) is 15.9. The van der Waals surface area contributed by atoms with Crippen molar-refractivity contribution >= 4 is 39.0 Å². The smallest absolute Gasteiger partial charge is 0.307 e. The number of carbonyl (C=O) groups excluding carboxylic acids is 1. The summed E-state index contributed by atoms with van der Waals surface area (Å²) >= 11 is 3.49. The number of hydrogen-bond acceptors (Lipinski definition) is 5. The molecule has 7 heteroatoms. The summed E-state index contributed by atoms with van der Waals surface area (Å²) in [5.74, 6) is 1.10. The molecule has 2 aromatic carbocycles. The number of ether oxygens (including phenoxy) is 2. The van der Waals surface area contributed by atoms with Crippen LogP contribution in [0, 0.1) is 6.92 Å². The van der Waals surface area contributed by atoms with E-state index in [0.717, 1.165) is 21.0 Å². The van der Waals surface area contributed by atoms with Gasteiger partial charge in [0.2, 0.25) is 0 Å². The van der Waals surface area contributed by atoms with E-state index in [0.29, 0.717) is 30.3 Å². The fourth-order valence-corrected chi connectivity index (χ4v) is 3.39. The van der Waals surface area contributed by atoms with Crippen LogP contribution in [0.2, 0.25) is 0 Å². The molecule has 1 heterocycles. The first-order chi connectivity index (χ1) is 13.5. The maximum Gasteiger partial charge on any atom is 0.307 e. The summed E-state index contributed by atoms with van der Waals surface area (Å²) in [6.45, 7) is 6.70. The molecule has 0 aliphatic heterocycles. The number of para-hydroxylation sites is 1. The molecule has 0 bridgehead atoms. The van der Waals surface area contributed by atoms with Crippen LogP contribution in [0.15, 0.2) is 50.4 Å². The van der Waals surface area contributed by atoms with Crippen LogP contribution in [-0.2, 0) is 0 Å². The summed E-state index contributed by atoms with van der Waals surface area (Å²) < 4.78 is 17.7. The fraction of sp³-hybridized carbons (Fsp3) is 0.238. The van der Waals surface area contributed by atoms with Gasteiger partial charge >= 0.3 is 5.91 Å². The minimum absolute atomic E-state index is 0.251. The maximum atomic E-state index is 12.4. The molecular weight excluding hydrogens is 424 g/mol.